The molecular formula is C20H21N3O6. The largest absolute Gasteiger partial charge is 0.486 e. The van der Waals surface area contributed by atoms with Gasteiger partial charge in [0.15, 0.2) is 23.0 Å². The highest BCUT2D eigenvalue weighted by molar-refractivity contribution is 6.01. The lowest BCUT2D eigenvalue weighted by Gasteiger charge is -2.20. The summed E-state index contributed by atoms with van der Waals surface area (Å²) in [5.74, 6) is 2.18. The predicted octanol–water partition coefficient (Wildman–Crippen LogP) is 1.97. The average molecular weight is 399 g/mol. The minimum absolute atomic E-state index is 0.0585. The number of carbonyl (C=O) groups excluding carboxylic acids is 2. The number of amides is 3. The van der Waals surface area contributed by atoms with Crippen LogP contribution in [0.3, 0.4) is 0 Å². The van der Waals surface area contributed by atoms with E-state index in [1.165, 1.54) is 0 Å². The highest BCUT2D eigenvalue weighted by Crippen LogP contribution is 2.34. The molecule has 152 valence electrons. The molecule has 0 aromatic heterocycles. The Labute approximate surface area is 167 Å². The number of likely N-dealkylation sites (N-methyl/N-ethyl adjacent to an activating group) is 1. The fourth-order valence-electron chi connectivity index (χ4n) is 3.10. The summed E-state index contributed by atoms with van der Waals surface area (Å²) >= 11 is 0. The highest BCUT2D eigenvalue weighted by atomic mass is 16.7. The first kappa shape index (κ1) is 18.9. The fourth-order valence-corrected chi connectivity index (χ4v) is 3.10. The lowest BCUT2D eigenvalue weighted by Crippen LogP contribution is -2.40. The van der Waals surface area contributed by atoms with E-state index < -0.39 is 11.9 Å². The van der Waals surface area contributed by atoms with Crippen LogP contribution in [0.4, 0.5) is 10.5 Å². The van der Waals surface area contributed by atoms with E-state index in [9.17, 15) is 9.59 Å². The molecule has 0 fully saturated rings. The zero-order valence-corrected chi connectivity index (χ0v) is 15.9. The Hall–Kier alpha value is -3.46. The van der Waals surface area contributed by atoms with Gasteiger partial charge < -0.3 is 24.3 Å². The van der Waals surface area contributed by atoms with Gasteiger partial charge in [0.1, 0.15) is 13.2 Å². The molecule has 0 saturated heterocycles. The number of nitrogens with one attached hydrogen (secondary N) is 2. The molecule has 9 heteroatoms. The third-order valence-corrected chi connectivity index (χ3v) is 4.36. The highest BCUT2D eigenvalue weighted by Gasteiger charge is 2.16. The van der Waals surface area contributed by atoms with Gasteiger partial charge in [0.25, 0.3) is 0 Å². The molecule has 2 aromatic rings. The number of hydrogen-bond acceptors (Lipinski definition) is 7. The SMILES string of the molecule is CN(CC(=O)NC(=O)Nc1ccc2c(c1)OCO2)Cc1ccc2c(c1)OCCO2. The Kier molecular flexibility index (Phi) is 5.39. The van der Waals surface area contributed by atoms with E-state index in [1.54, 1.807) is 30.1 Å². The van der Waals surface area contributed by atoms with Crippen LogP contribution in [-0.2, 0) is 11.3 Å². The van der Waals surface area contributed by atoms with Gasteiger partial charge >= 0.3 is 6.03 Å². The van der Waals surface area contributed by atoms with Crippen molar-refractivity contribution < 1.29 is 28.5 Å². The standard InChI is InChI=1S/C20H21N3O6/c1-23(10-13-2-4-15-17(8-13)27-7-6-26-15)11-19(24)22-20(25)21-14-3-5-16-18(9-14)29-12-28-16/h2-5,8-9H,6-7,10-12H2,1H3,(H2,21,22,24,25). The second kappa shape index (κ2) is 8.27. The van der Waals surface area contributed by atoms with Crippen molar-refractivity contribution in [2.75, 3.05) is 38.9 Å². The van der Waals surface area contributed by atoms with Gasteiger partial charge in [0.05, 0.1) is 6.54 Å². The van der Waals surface area contributed by atoms with Crippen molar-refractivity contribution in [2.45, 2.75) is 6.54 Å². The van der Waals surface area contributed by atoms with Crippen LogP contribution in [0.15, 0.2) is 36.4 Å². The molecule has 2 aliphatic rings. The number of carbonyl (C=O) groups is 2. The zero-order valence-electron chi connectivity index (χ0n) is 15.9. The maximum absolute atomic E-state index is 12.2. The first-order chi connectivity index (χ1) is 14.1. The average Bonchev–Trinajstić information content (AvgIpc) is 3.15. The van der Waals surface area contributed by atoms with E-state index >= 15 is 0 Å². The molecule has 9 nitrogen and oxygen atoms in total. The molecule has 2 N–H and O–H groups in total. The number of imide groups is 1. The number of ether oxygens (including phenoxy) is 4. The van der Waals surface area contributed by atoms with Crippen molar-refractivity contribution in [1.82, 2.24) is 10.2 Å². The van der Waals surface area contributed by atoms with Gasteiger partial charge in [-0.15, -0.1) is 0 Å². The van der Waals surface area contributed by atoms with Crippen molar-refractivity contribution in [3.8, 4) is 23.0 Å². The summed E-state index contributed by atoms with van der Waals surface area (Å²) in [5, 5.41) is 4.92. The molecule has 0 atom stereocenters. The molecule has 4 rings (SSSR count). The topological polar surface area (TPSA) is 98.4 Å². The molecule has 2 heterocycles. The van der Waals surface area contributed by atoms with E-state index in [0.717, 1.165) is 11.3 Å². The Morgan fingerprint density at radius 2 is 1.62 bits per heavy atom. The summed E-state index contributed by atoms with van der Waals surface area (Å²) in [7, 11) is 1.80. The van der Waals surface area contributed by atoms with E-state index in [-0.39, 0.29) is 13.3 Å². The summed E-state index contributed by atoms with van der Waals surface area (Å²) in [6, 6.07) is 10.1. The lowest BCUT2D eigenvalue weighted by molar-refractivity contribution is -0.120. The minimum atomic E-state index is -0.610. The maximum atomic E-state index is 12.2. The van der Waals surface area contributed by atoms with Gasteiger partial charge in [-0.1, -0.05) is 6.07 Å². The summed E-state index contributed by atoms with van der Waals surface area (Å²) < 4.78 is 21.6. The molecule has 2 aromatic carbocycles. The number of hydrogen-bond donors (Lipinski definition) is 2. The van der Waals surface area contributed by atoms with Gasteiger partial charge in [-0.25, -0.2) is 4.79 Å². The Bertz CT molecular complexity index is 932. The number of fused-ring (bicyclic) bond motifs is 2. The van der Waals surface area contributed by atoms with Crippen molar-refractivity contribution >= 4 is 17.6 Å². The molecule has 2 aliphatic heterocycles. The van der Waals surface area contributed by atoms with Gasteiger partial charge in [-0.3, -0.25) is 15.0 Å². The van der Waals surface area contributed by atoms with Crippen LogP contribution < -0.4 is 29.6 Å². The number of anilines is 1. The second-order valence-corrected chi connectivity index (χ2v) is 6.72. The van der Waals surface area contributed by atoms with Crippen molar-refractivity contribution in [3.05, 3.63) is 42.0 Å². The molecule has 0 saturated carbocycles. The smallest absolute Gasteiger partial charge is 0.325 e. The van der Waals surface area contributed by atoms with Crippen molar-refractivity contribution in [1.29, 1.82) is 0 Å². The number of benzene rings is 2. The van der Waals surface area contributed by atoms with Gasteiger partial charge in [-0.05, 0) is 36.9 Å². The second-order valence-electron chi connectivity index (χ2n) is 6.72. The summed E-state index contributed by atoms with van der Waals surface area (Å²) in [5.41, 5.74) is 1.48. The van der Waals surface area contributed by atoms with Crippen LogP contribution >= 0.6 is 0 Å². The van der Waals surface area contributed by atoms with E-state index in [2.05, 4.69) is 10.6 Å². The molecule has 3 amide bonds. The molecule has 0 unspecified atom stereocenters. The van der Waals surface area contributed by atoms with E-state index in [0.29, 0.717) is 42.7 Å². The third kappa shape index (κ3) is 4.69. The number of urea groups is 1. The molecule has 29 heavy (non-hydrogen) atoms. The van der Waals surface area contributed by atoms with Crippen LogP contribution in [0.1, 0.15) is 5.56 Å². The summed E-state index contributed by atoms with van der Waals surface area (Å²) in [4.78, 5) is 26.0. The first-order valence-electron chi connectivity index (χ1n) is 9.14. The normalized spacial score (nSPS) is 13.9. The maximum Gasteiger partial charge on any atom is 0.325 e. The van der Waals surface area contributed by atoms with Gasteiger partial charge in [-0.2, -0.15) is 0 Å². The van der Waals surface area contributed by atoms with Crippen LogP contribution in [0.25, 0.3) is 0 Å². The summed E-state index contributed by atoms with van der Waals surface area (Å²) in [6.45, 7) is 1.80. The van der Waals surface area contributed by atoms with Gasteiger partial charge in [0.2, 0.25) is 12.7 Å². The Balaban J connectivity index is 1.26. The molecule has 0 bridgehead atoms. The van der Waals surface area contributed by atoms with Crippen LogP contribution in [0, 0.1) is 0 Å². The molecule has 0 aliphatic carbocycles. The number of nitrogens with zero attached hydrogens (tertiary/aromatic N) is 1. The predicted molar refractivity (Wildman–Crippen MR) is 103 cm³/mol. The monoisotopic (exact) mass is 399 g/mol. The molecule has 0 radical (unpaired) electrons. The zero-order chi connectivity index (χ0) is 20.2. The molecule has 0 spiro atoms. The van der Waals surface area contributed by atoms with Gasteiger partial charge in [0, 0.05) is 18.3 Å². The van der Waals surface area contributed by atoms with Crippen LogP contribution in [-0.4, -0.2) is 50.4 Å². The Morgan fingerprint density at radius 1 is 0.931 bits per heavy atom. The quantitative estimate of drug-likeness (QED) is 0.793. The first-order valence-corrected chi connectivity index (χ1v) is 9.14. The van der Waals surface area contributed by atoms with Crippen LogP contribution in [0.2, 0.25) is 0 Å². The third-order valence-electron chi connectivity index (χ3n) is 4.36. The van der Waals surface area contributed by atoms with E-state index in [4.69, 9.17) is 18.9 Å². The molecular weight excluding hydrogens is 378 g/mol. The fraction of sp³-hybridized carbons (Fsp3) is 0.300. The van der Waals surface area contributed by atoms with E-state index in [1.807, 2.05) is 18.2 Å². The Morgan fingerprint density at radius 3 is 2.48 bits per heavy atom. The van der Waals surface area contributed by atoms with Crippen molar-refractivity contribution in [3.63, 3.8) is 0 Å². The summed E-state index contributed by atoms with van der Waals surface area (Å²) in [6.07, 6.45) is 0. The lowest BCUT2D eigenvalue weighted by atomic mass is 10.2. The van der Waals surface area contributed by atoms with Crippen molar-refractivity contribution in [2.24, 2.45) is 0 Å². The van der Waals surface area contributed by atoms with Crippen LogP contribution in [0.5, 0.6) is 23.0 Å². The number of rotatable bonds is 5. The minimum Gasteiger partial charge on any atom is -0.486 e.